The molecule has 1 saturated heterocycles. The number of esters is 1. The molecular weight excluding hydrogens is 290 g/mol. The number of likely N-dealkylation sites (tertiary alicyclic amines) is 1. The van der Waals surface area contributed by atoms with Gasteiger partial charge in [0.1, 0.15) is 6.04 Å². The summed E-state index contributed by atoms with van der Waals surface area (Å²) in [7, 11) is 1.36. The Morgan fingerprint density at radius 2 is 2.10 bits per heavy atom. The average Bonchev–Trinajstić information content (AvgIpc) is 2.50. The van der Waals surface area contributed by atoms with Crippen LogP contribution in [0.4, 0.5) is 0 Å². The normalized spacial score (nSPS) is 20.2. The third-order valence-corrected chi connectivity index (χ3v) is 4.19. The summed E-state index contributed by atoms with van der Waals surface area (Å²) >= 11 is 5.92. The van der Waals surface area contributed by atoms with Crippen molar-refractivity contribution in [1.29, 1.82) is 0 Å². The lowest BCUT2D eigenvalue weighted by Gasteiger charge is -2.40. The van der Waals surface area contributed by atoms with Crippen molar-refractivity contribution in [1.82, 2.24) is 4.90 Å². The molecule has 0 spiro atoms. The number of benzene rings is 1. The van der Waals surface area contributed by atoms with Crippen LogP contribution in [0, 0.1) is 0 Å². The lowest BCUT2D eigenvalue weighted by Crippen LogP contribution is -2.49. The van der Waals surface area contributed by atoms with Gasteiger partial charge in [0, 0.05) is 11.4 Å². The predicted molar refractivity (Wildman–Crippen MR) is 81.0 cm³/mol. The lowest BCUT2D eigenvalue weighted by molar-refractivity contribution is -0.157. The third kappa shape index (κ3) is 3.38. The summed E-state index contributed by atoms with van der Waals surface area (Å²) in [6, 6.07) is 6.85. The highest BCUT2D eigenvalue weighted by Crippen LogP contribution is 2.34. The summed E-state index contributed by atoms with van der Waals surface area (Å²) in [5.74, 6) is -0.342. The molecule has 4 nitrogen and oxygen atoms in total. The molecular formula is C16H20ClNO3. The van der Waals surface area contributed by atoms with Crippen molar-refractivity contribution in [3.63, 3.8) is 0 Å². The SMILES string of the molecule is CCC(C(=O)OC)N1C(=O)CCCC1c1ccc(Cl)cc1. The predicted octanol–water partition coefficient (Wildman–Crippen LogP) is 3.35. The van der Waals surface area contributed by atoms with Crippen LogP contribution in [-0.4, -0.2) is 29.9 Å². The van der Waals surface area contributed by atoms with E-state index in [0.717, 1.165) is 18.4 Å². The van der Waals surface area contributed by atoms with Crippen LogP contribution in [0.15, 0.2) is 24.3 Å². The van der Waals surface area contributed by atoms with E-state index in [1.54, 1.807) is 4.90 Å². The maximum absolute atomic E-state index is 12.4. The zero-order chi connectivity index (χ0) is 15.4. The van der Waals surface area contributed by atoms with Crippen LogP contribution in [-0.2, 0) is 14.3 Å². The Morgan fingerprint density at radius 3 is 2.67 bits per heavy atom. The molecule has 0 N–H and O–H groups in total. The second-order valence-electron chi connectivity index (χ2n) is 5.21. The number of carbonyl (C=O) groups is 2. The molecule has 1 aromatic rings. The summed E-state index contributed by atoms with van der Waals surface area (Å²) in [5, 5.41) is 0.660. The number of piperidine rings is 1. The highest BCUT2D eigenvalue weighted by atomic mass is 35.5. The fourth-order valence-electron chi connectivity index (χ4n) is 2.90. The minimum absolute atomic E-state index is 0.0125. The molecule has 1 aliphatic rings. The van der Waals surface area contributed by atoms with Crippen molar-refractivity contribution < 1.29 is 14.3 Å². The highest BCUT2D eigenvalue weighted by molar-refractivity contribution is 6.30. The molecule has 1 aromatic carbocycles. The fourth-order valence-corrected chi connectivity index (χ4v) is 3.03. The average molecular weight is 310 g/mol. The van der Waals surface area contributed by atoms with Gasteiger partial charge in [-0.2, -0.15) is 0 Å². The smallest absolute Gasteiger partial charge is 0.328 e. The molecule has 1 heterocycles. The van der Waals surface area contributed by atoms with Crippen LogP contribution in [0.5, 0.6) is 0 Å². The summed E-state index contributed by atoms with van der Waals surface area (Å²) in [5.41, 5.74) is 1.01. The summed E-state index contributed by atoms with van der Waals surface area (Å²) < 4.78 is 4.85. The topological polar surface area (TPSA) is 46.6 Å². The van der Waals surface area contributed by atoms with Gasteiger partial charge in [-0.05, 0) is 37.0 Å². The molecule has 2 atom stereocenters. The number of methoxy groups -OCH3 is 1. The van der Waals surface area contributed by atoms with E-state index in [1.165, 1.54) is 7.11 Å². The van der Waals surface area contributed by atoms with Crippen molar-refractivity contribution in [2.45, 2.75) is 44.7 Å². The molecule has 0 bridgehead atoms. The number of nitrogens with zero attached hydrogens (tertiary/aromatic N) is 1. The third-order valence-electron chi connectivity index (χ3n) is 3.94. The highest BCUT2D eigenvalue weighted by Gasteiger charge is 2.37. The monoisotopic (exact) mass is 309 g/mol. The van der Waals surface area contributed by atoms with Gasteiger partial charge in [-0.3, -0.25) is 4.79 Å². The summed E-state index contributed by atoms with van der Waals surface area (Å²) in [6.45, 7) is 1.89. The van der Waals surface area contributed by atoms with E-state index in [-0.39, 0.29) is 17.9 Å². The van der Waals surface area contributed by atoms with E-state index in [0.29, 0.717) is 17.9 Å². The van der Waals surface area contributed by atoms with E-state index >= 15 is 0 Å². The van der Waals surface area contributed by atoms with Gasteiger partial charge in [0.2, 0.25) is 5.91 Å². The van der Waals surface area contributed by atoms with Gasteiger partial charge in [0.15, 0.2) is 0 Å². The minimum atomic E-state index is -0.525. The second-order valence-corrected chi connectivity index (χ2v) is 5.64. The molecule has 2 rings (SSSR count). The number of ether oxygens (including phenoxy) is 1. The van der Waals surface area contributed by atoms with Gasteiger partial charge in [0.05, 0.1) is 13.2 Å². The van der Waals surface area contributed by atoms with E-state index in [2.05, 4.69) is 0 Å². The summed E-state index contributed by atoms with van der Waals surface area (Å²) in [4.78, 5) is 26.0. The molecule has 2 unspecified atom stereocenters. The quantitative estimate of drug-likeness (QED) is 0.801. The van der Waals surface area contributed by atoms with E-state index in [9.17, 15) is 9.59 Å². The zero-order valence-electron chi connectivity index (χ0n) is 12.3. The van der Waals surface area contributed by atoms with Gasteiger partial charge in [-0.15, -0.1) is 0 Å². The van der Waals surface area contributed by atoms with Crippen molar-refractivity contribution in [2.75, 3.05) is 7.11 Å². The lowest BCUT2D eigenvalue weighted by atomic mass is 9.92. The number of hydrogen-bond acceptors (Lipinski definition) is 3. The Labute approximate surface area is 130 Å². The van der Waals surface area contributed by atoms with Gasteiger partial charge >= 0.3 is 5.97 Å². The van der Waals surface area contributed by atoms with E-state index in [4.69, 9.17) is 16.3 Å². The van der Waals surface area contributed by atoms with Crippen LogP contribution in [0.2, 0.25) is 5.02 Å². The van der Waals surface area contributed by atoms with Gasteiger partial charge < -0.3 is 9.64 Å². The molecule has 0 saturated carbocycles. The first kappa shape index (κ1) is 15.8. The Hall–Kier alpha value is -1.55. The largest absolute Gasteiger partial charge is 0.467 e. The maximum atomic E-state index is 12.4. The van der Waals surface area contributed by atoms with Crippen molar-refractivity contribution in [3.8, 4) is 0 Å². The molecule has 1 amide bonds. The number of rotatable bonds is 4. The Morgan fingerprint density at radius 1 is 1.43 bits per heavy atom. The molecule has 0 aromatic heterocycles. The van der Waals surface area contributed by atoms with Gasteiger partial charge in [-0.25, -0.2) is 4.79 Å². The first-order chi connectivity index (χ1) is 10.1. The second kappa shape index (κ2) is 6.94. The van der Waals surface area contributed by atoms with E-state index < -0.39 is 6.04 Å². The molecule has 21 heavy (non-hydrogen) atoms. The van der Waals surface area contributed by atoms with Crippen LogP contribution in [0.25, 0.3) is 0 Å². The van der Waals surface area contributed by atoms with Crippen molar-refractivity contribution in [2.24, 2.45) is 0 Å². The van der Waals surface area contributed by atoms with E-state index in [1.807, 2.05) is 31.2 Å². The number of hydrogen-bond donors (Lipinski definition) is 0. The van der Waals surface area contributed by atoms with Gasteiger partial charge in [-0.1, -0.05) is 30.7 Å². The van der Waals surface area contributed by atoms with Crippen LogP contribution in [0.1, 0.15) is 44.2 Å². The summed E-state index contributed by atoms with van der Waals surface area (Å²) in [6.07, 6.45) is 2.71. The Balaban J connectivity index is 2.34. The van der Waals surface area contributed by atoms with Crippen LogP contribution >= 0.6 is 11.6 Å². The molecule has 1 aliphatic heterocycles. The van der Waals surface area contributed by atoms with Gasteiger partial charge in [0.25, 0.3) is 0 Å². The molecule has 5 heteroatoms. The molecule has 1 fully saturated rings. The first-order valence-electron chi connectivity index (χ1n) is 7.23. The number of amides is 1. The molecule has 114 valence electrons. The number of carbonyl (C=O) groups excluding carboxylic acids is 2. The van der Waals surface area contributed by atoms with Crippen molar-refractivity contribution >= 4 is 23.5 Å². The maximum Gasteiger partial charge on any atom is 0.328 e. The Kier molecular flexibility index (Phi) is 5.23. The Bertz CT molecular complexity index is 515. The molecule has 0 radical (unpaired) electrons. The van der Waals surface area contributed by atoms with Crippen molar-refractivity contribution in [3.05, 3.63) is 34.9 Å². The molecule has 0 aliphatic carbocycles. The standard InChI is InChI=1S/C16H20ClNO3/c1-3-13(16(20)21-2)18-14(5-4-6-15(18)19)11-7-9-12(17)10-8-11/h7-10,13-14H,3-6H2,1-2H3. The van der Waals surface area contributed by atoms with Crippen LogP contribution < -0.4 is 0 Å². The fraction of sp³-hybridized carbons (Fsp3) is 0.500. The minimum Gasteiger partial charge on any atom is -0.467 e. The van der Waals surface area contributed by atoms with Crippen LogP contribution in [0.3, 0.4) is 0 Å². The first-order valence-corrected chi connectivity index (χ1v) is 7.60. The zero-order valence-corrected chi connectivity index (χ0v) is 13.1. The number of halogens is 1.